The smallest absolute Gasteiger partial charge is 0.229 e. The number of hydrogen-bond donors (Lipinski definition) is 0. The maximum atomic E-state index is 12.4. The SMILES string of the molecule is CC(=O)CC(C)c1cc2c(o1)C(=O)c1ccccc1C2=O. The van der Waals surface area contributed by atoms with E-state index >= 15 is 0 Å². The van der Waals surface area contributed by atoms with Crippen molar-refractivity contribution in [2.45, 2.75) is 26.2 Å². The minimum Gasteiger partial charge on any atom is -0.456 e. The Labute approximate surface area is 121 Å². The second-order valence-electron chi connectivity index (χ2n) is 5.40. The largest absolute Gasteiger partial charge is 0.456 e. The number of carbonyl (C=O) groups is 3. The fraction of sp³-hybridized carbons (Fsp3) is 0.235. The van der Waals surface area contributed by atoms with E-state index in [1.54, 1.807) is 30.3 Å². The van der Waals surface area contributed by atoms with Crippen molar-refractivity contribution in [3.8, 4) is 0 Å². The highest BCUT2D eigenvalue weighted by atomic mass is 16.4. The van der Waals surface area contributed by atoms with Crippen molar-refractivity contribution in [2.75, 3.05) is 0 Å². The van der Waals surface area contributed by atoms with E-state index in [9.17, 15) is 14.4 Å². The molecule has 3 rings (SSSR count). The van der Waals surface area contributed by atoms with Crippen LogP contribution in [0.4, 0.5) is 0 Å². The van der Waals surface area contributed by atoms with E-state index in [1.165, 1.54) is 6.92 Å². The zero-order valence-electron chi connectivity index (χ0n) is 11.8. The normalized spacial score (nSPS) is 14.6. The highest BCUT2D eigenvalue weighted by Crippen LogP contribution is 2.32. The highest BCUT2D eigenvalue weighted by Gasteiger charge is 2.34. The number of ketones is 3. The Morgan fingerprint density at radius 1 is 1.10 bits per heavy atom. The molecule has 0 saturated carbocycles. The molecule has 21 heavy (non-hydrogen) atoms. The van der Waals surface area contributed by atoms with Gasteiger partial charge in [-0.05, 0) is 13.0 Å². The minimum atomic E-state index is -0.276. The standard InChI is InChI=1S/C17H14O4/c1-9(7-10(2)18)14-8-13-15(19)11-5-3-4-6-12(11)16(20)17(13)21-14/h3-6,8-9H,7H2,1-2H3. The predicted molar refractivity (Wildman–Crippen MR) is 75.7 cm³/mol. The van der Waals surface area contributed by atoms with Gasteiger partial charge in [-0.15, -0.1) is 0 Å². The van der Waals surface area contributed by atoms with Crippen molar-refractivity contribution in [1.82, 2.24) is 0 Å². The van der Waals surface area contributed by atoms with Crippen LogP contribution >= 0.6 is 0 Å². The van der Waals surface area contributed by atoms with Crippen LogP contribution in [0.1, 0.15) is 64.0 Å². The van der Waals surface area contributed by atoms with Crippen molar-refractivity contribution in [2.24, 2.45) is 0 Å². The van der Waals surface area contributed by atoms with Gasteiger partial charge in [-0.2, -0.15) is 0 Å². The summed E-state index contributed by atoms with van der Waals surface area (Å²) in [6, 6.07) is 8.31. The van der Waals surface area contributed by atoms with Crippen molar-refractivity contribution < 1.29 is 18.8 Å². The van der Waals surface area contributed by atoms with Crippen LogP contribution < -0.4 is 0 Å². The molecule has 1 atom stereocenters. The van der Waals surface area contributed by atoms with E-state index < -0.39 is 0 Å². The van der Waals surface area contributed by atoms with E-state index in [-0.39, 0.29) is 29.0 Å². The molecule has 1 aliphatic rings. The maximum Gasteiger partial charge on any atom is 0.229 e. The molecule has 1 unspecified atom stereocenters. The fourth-order valence-electron chi connectivity index (χ4n) is 2.67. The number of rotatable bonds is 3. The van der Waals surface area contributed by atoms with Crippen molar-refractivity contribution >= 4 is 17.3 Å². The second-order valence-corrected chi connectivity index (χ2v) is 5.40. The number of Topliss-reactive ketones (excluding diaryl/α,β-unsaturated/α-hetero) is 1. The van der Waals surface area contributed by atoms with Gasteiger partial charge < -0.3 is 9.21 Å². The number of hydrogen-bond acceptors (Lipinski definition) is 4. The third-order valence-corrected chi connectivity index (χ3v) is 3.70. The van der Waals surface area contributed by atoms with E-state index in [2.05, 4.69) is 0 Å². The Balaban J connectivity index is 2.07. The molecular weight excluding hydrogens is 268 g/mol. The third kappa shape index (κ3) is 2.13. The van der Waals surface area contributed by atoms with E-state index in [0.717, 1.165) is 0 Å². The average molecular weight is 282 g/mol. The summed E-state index contributed by atoms with van der Waals surface area (Å²) < 4.78 is 5.59. The fourth-order valence-corrected chi connectivity index (χ4v) is 2.67. The molecule has 0 fully saturated rings. The number of fused-ring (bicyclic) bond motifs is 2. The van der Waals surface area contributed by atoms with Crippen LogP contribution in [0.15, 0.2) is 34.7 Å². The van der Waals surface area contributed by atoms with Crippen LogP contribution in [0, 0.1) is 0 Å². The molecule has 0 spiro atoms. The summed E-state index contributed by atoms with van der Waals surface area (Å²) in [4.78, 5) is 36.0. The Morgan fingerprint density at radius 3 is 2.33 bits per heavy atom. The molecule has 1 aromatic carbocycles. The zero-order valence-corrected chi connectivity index (χ0v) is 11.8. The maximum absolute atomic E-state index is 12.4. The van der Waals surface area contributed by atoms with Gasteiger partial charge in [0.05, 0.1) is 5.56 Å². The molecule has 4 heteroatoms. The second kappa shape index (κ2) is 4.81. The molecule has 0 bridgehead atoms. The molecule has 0 aliphatic heterocycles. The van der Waals surface area contributed by atoms with Gasteiger partial charge in [0.1, 0.15) is 11.5 Å². The van der Waals surface area contributed by atoms with Gasteiger partial charge in [0.15, 0.2) is 11.5 Å². The Morgan fingerprint density at radius 2 is 1.71 bits per heavy atom. The number of benzene rings is 1. The predicted octanol–water partition coefficient (Wildman–Crippen LogP) is 3.14. The van der Waals surface area contributed by atoms with Crippen molar-refractivity contribution in [3.05, 3.63) is 58.5 Å². The molecule has 0 amide bonds. The Kier molecular flexibility index (Phi) is 3.09. The molecule has 4 nitrogen and oxygen atoms in total. The molecule has 0 saturated heterocycles. The molecule has 1 aromatic heterocycles. The van der Waals surface area contributed by atoms with Gasteiger partial charge in [-0.1, -0.05) is 31.2 Å². The molecule has 0 radical (unpaired) electrons. The summed E-state index contributed by atoms with van der Waals surface area (Å²) in [6.45, 7) is 3.35. The van der Waals surface area contributed by atoms with E-state index in [0.29, 0.717) is 28.9 Å². The quantitative estimate of drug-likeness (QED) is 0.740. The summed E-state index contributed by atoms with van der Waals surface area (Å²) in [6.07, 6.45) is 0.321. The van der Waals surface area contributed by atoms with Crippen molar-refractivity contribution in [3.63, 3.8) is 0 Å². The van der Waals surface area contributed by atoms with E-state index in [4.69, 9.17) is 4.42 Å². The molecule has 2 aromatic rings. The molecule has 0 N–H and O–H groups in total. The first-order valence-corrected chi connectivity index (χ1v) is 6.80. The Bertz CT molecular complexity index is 714. The van der Waals surface area contributed by atoms with Gasteiger partial charge in [-0.3, -0.25) is 9.59 Å². The first kappa shape index (κ1) is 13.5. The van der Waals surface area contributed by atoms with Gasteiger partial charge in [0.25, 0.3) is 0 Å². The lowest BCUT2D eigenvalue weighted by Crippen LogP contribution is -2.18. The van der Waals surface area contributed by atoms with Gasteiger partial charge in [0, 0.05) is 23.5 Å². The Hall–Kier alpha value is -2.49. The topological polar surface area (TPSA) is 64.3 Å². The lowest BCUT2D eigenvalue weighted by molar-refractivity contribution is -0.117. The van der Waals surface area contributed by atoms with Crippen molar-refractivity contribution in [1.29, 1.82) is 0 Å². The van der Waals surface area contributed by atoms with Gasteiger partial charge in [-0.25, -0.2) is 0 Å². The van der Waals surface area contributed by atoms with Crippen LogP contribution in [0.5, 0.6) is 0 Å². The molecule has 1 aliphatic carbocycles. The highest BCUT2D eigenvalue weighted by molar-refractivity contribution is 6.27. The summed E-state index contributed by atoms with van der Waals surface area (Å²) in [5.41, 5.74) is 1.07. The van der Waals surface area contributed by atoms with E-state index in [1.807, 2.05) is 6.92 Å². The monoisotopic (exact) mass is 282 g/mol. The van der Waals surface area contributed by atoms with Crippen LogP contribution in [0.25, 0.3) is 0 Å². The summed E-state index contributed by atoms with van der Waals surface area (Å²) >= 11 is 0. The van der Waals surface area contributed by atoms with Gasteiger partial charge in [0.2, 0.25) is 5.78 Å². The lowest BCUT2D eigenvalue weighted by atomic mass is 9.88. The summed E-state index contributed by atoms with van der Waals surface area (Å²) in [7, 11) is 0. The number of furan rings is 1. The lowest BCUT2D eigenvalue weighted by Gasteiger charge is -2.11. The van der Waals surface area contributed by atoms with Gasteiger partial charge >= 0.3 is 0 Å². The molecule has 106 valence electrons. The first-order chi connectivity index (χ1) is 9.99. The summed E-state index contributed by atoms with van der Waals surface area (Å²) in [5, 5.41) is 0. The molecular formula is C17H14O4. The zero-order chi connectivity index (χ0) is 15.1. The van der Waals surface area contributed by atoms with Crippen LogP contribution in [0.2, 0.25) is 0 Å². The summed E-state index contributed by atoms with van der Waals surface area (Å²) in [5.74, 6) is -0.00451. The van der Waals surface area contributed by atoms with Crippen LogP contribution in [0.3, 0.4) is 0 Å². The minimum absolute atomic E-state index is 0.0396. The van der Waals surface area contributed by atoms with Crippen LogP contribution in [-0.2, 0) is 4.79 Å². The number of carbonyl (C=O) groups excluding carboxylic acids is 3. The first-order valence-electron chi connectivity index (χ1n) is 6.80. The third-order valence-electron chi connectivity index (χ3n) is 3.70. The van der Waals surface area contributed by atoms with Crippen LogP contribution in [-0.4, -0.2) is 17.3 Å². The molecule has 1 heterocycles. The average Bonchev–Trinajstić information content (AvgIpc) is 2.90.